The number of anilines is 1. The van der Waals surface area contributed by atoms with Crippen LogP contribution < -0.4 is 5.73 Å². The molecule has 0 radical (unpaired) electrons. The van der Waals surface area contributed by atoms with Crippen molar-refractivity contribution in [1.29, 1.82) is 0 Å². The molecule has 0 amide bonds. The third-order valence-corrected chi connectivity index (χ3v) is 3.99. The number of H-pyrrole nitrogens is 1. The van der Waals surface area contributed by atoms with Crippen molar-refractivity contribution in [3.63, 3.8) is 0 Å². The highest BCUT2D eigenvalue weighted by Crippen LogP contribution is 2.23. The lowest BCUT2D eigenvalue weighted by Crippen LogP contribution is -2.12. The maximum atomic E-state index is 12.6. The van der Waals surface area contributed by atoms with Crippen molar-refractivity contribution in [2.24, 2.45) is 0 Å². The van der Waals surface area contributed by atoms with Gasteiger partial charge in [0.25, 0.3) is 0 Å². The Balaban J connectivity index is 1.71. The van der Waals surface area contributed by atoms with Gasteiger partial charge in [0.1, 0.15) is 0 Å². The van der Waals surface area contributed by atoms with E-state index in [1.807, 2.05) is 54.7 Å². The molecule has 0 bridgehead atoms. The summed E-state index contributed by atoms with van der Waals surface area (Å²) in [7, 11) is 0. The minimum Gasteiger partial charge on any atom is -0.397 e. The second-order valence-corrected chi connectivity index (χ2v) is 5.44. The number of nitrogens with one attached hydrogen (secondary N) is 1. The van der Waals surface area contributed by atoms with Crippen molar-refractivity contribution in [3.8, 4) is 0 Å². The highest BCUT2D eigenvalue weighted by atomic mass is 16.2. The average Bonchev–Trinajstić information content (AvgIpc) is 3.12. The standard InChI is InChI=1S/C18H15N3O/c19-15-11-21(17-4-2-1-3-14(15)17)18(22)10-12-5-6-13-7-8-20-16(13)9-12/h1-9,11,20H,10,19H2. The molecule has 4 heteroatoms. The van der Waals surface area contributed by atoms with Crippen LogP contribution in [0, 0.1) is 0 Å². The van der Waals surface area contributed by atoms with E-state index < -0.39 is 0 Å². The first-order valence-electron chi connectivity index (χ1n) is 7.17. The highest BCUT2D eigenvalue weighted by Gasteiger charge is 2.12. The molecular formula is C18H15N3O. The van der Waals surface area contributed by atoms with E-state index in [1.54, 1.807) is 10.8 Å². The predicted octanol–water partition coefficient (Wildman–Crippen LogP) is 3.59. The molecule has 0 aliphatic carbocycles. The van der Waals surface area contributed by atoms with Gasteiger partial charge in [0.15, 0.2) is 0 Å². The first-order valence-corrected chi connectivity index (χ1v) is 7.17. The summed E-state index contributed by atoms with van der Waals surface area (Å²) >= 11 is 0. The van der Waals surface area contributed by atoms with Gasteiger partial charge >= 0.3 is 0 Å². The van der Waals surface area contributed by atoms with Gasteiger partial charge in [-0.25, -0.2) is 0 Å². The summed E-state index contributed by atoms with van der Waals surface area (Å²) in [6, 6.07) is 15.7. The molecule has 0 saturated carbocycles. The Morgan fingerprint density at radius 2 is 2.00 bits per heavy atom. The molecule has 108 valence electrons. The smallest absolute Gasteiger partial charge is 0.235 e. The molecule has 0 unspecified atom stereocenters. The van der Waals surface area contributed by atoms with E-state index in [1.165, 1.54) is 0 Å². The number of aromatic nitrogens is 2. The number of benzene rings is 2. The number of fused-ring (bicyclic) bond motifs is 2. The molecule has 0 aliphatic rings. The van der Waals surface area contributed by atoms with E-state index in [4.69, 9.17) is 5.73 Å². The average molecular weight is 289 g/mol. The maximum absolute atomic E-state index is 12.6. The van der Waals surface area contributed by atoms with Gasteiger partial charge in [0, 0.05) is 23.3 Å². The fraction of sp³-hybridized carbons (Fsp3) is 0.0556. The number of hydrogen-bond donors (Lipinski definition) is 2. The summed E-state index contributed by atoms with van der Waals surface area (Å²) in [5.74, 6) is 0.0128. The van der Waals surface area contributed by atoms with Gasteiger partial charge in [-0.05, 0) is 29.1 Å². The van der Waals surface area contributed by atoms with Gasteiger partial charge in [0.2, 0.25) is 5.91 Å². The van der Waals surface area contributed by atoms with Crippen molar-refractivity contribution in [1.82, 2.24) is 9.55 Å². The quantitative estimate of drug-likeness (QED) is 0.592. The Bertz CT molecular complexity index is 994. The van der Waals surface area contributed by atoms with Crippen molar-refractivity contribution < 1.29 is 4.79 Å². The molecule has 2 aromatic heterocycles. The Labute approximate surface area is 127 Å². The fourth-order valence-electron chi connectivity index (χ4n) is 2.88. The molecule has 22 heavy (non-hydrogen) atoms. The SMILES string of the molecule is Nc1cn(C(=O)Cc2ccc3cc[nH]c3c2)c2ccccc12. The summed E-state index contributed by atoms with van der Waals surface area (Å²) in [6.45, 7) is 0. The molecule has 4 rings (SSSR count). The van der Waals surface area contributed by atoms with Crippen LogP contribution >= 0.6 is 0 Å². The normalized spacial score (nSPS) is 11.3. The molecule has 2 heterocycles. The van der Waals surface area contributed by atoms with Crippen LogP contribution in [-0.2, 0) is 6.42 Å². The van der Waals surface area contributed by atoms with Crippen molar-refractivity contribution in [2.75, 3.05) is 5.73 Å². The zero-order valence-electron chi connectivity index (χ0n) is 11.9. The number of nitrogens with two attached hydrogens (primary N) is 1. The van der Waals surface area contributed by atoms with E-state index in [9.17, 15) is 4.79 Å². The molecule has 4 nitrogen and oxygen atoms in total. The minimum atomic E-state index is 0.0128. The molecule has 4 aromatic rings. The molecule has 0 aliphatic heterocycles. The monoisotopic (exact) mass is 289 g/mol. The summed E-state index contributed by atoms with van der Waals surface area (Å²) < 4.78 is 1.64. The van der Waals surface area contributed by atoms with E-state index in [0.717, 1.165) is 27.4 Å². The van der Waals surface area contributed by atoms with Crippen LogP contribution in [-0.4, -0.2) is 15.5 Å². The van der Waals surface area contributed by atoms with E-state index >= 15 is 0 Å². The number of nitrogen functional groups attached to an aromatic ring is 1. The van der Waals surface area contributed by atoms with E-state index in [-0.39, 0.29) is 5.91 Å². The predicted molar refractivity (Wildman–Crippen MR) is 89.0 cm³/mol. The highest BCUT2D eigenvalue weighted by molar-refractivity contribution is 5.99. The Kier molecular flexibility index (Phi) is 2.76. The van der Waals surface area contributed by atoms with Crippen molar-refractivity contribution in [2.45, 2.75) is 6.42 Å². The molecule has 0 saturated heterocycles. The molecule has 3 N–H and O–H groups in total. The van der Waals surface area contributed by atoms with Gasteiger partial charge in [-0.1, -0.05) is 30.3 Å². The lowest BCUT2D eigenvalue weighted by Gasteiger charge is -2.04. The maximum Gasteiger partial charge on any atom is 0.235 e. The van der Waals surface area contributed by atoms with Gasteiger partial charge in [-0.2, -0.15) is 0 Å². The molecule has 2 aromatic carbocycles. The van der Waals surface area contributed by atoms with Crippen LogP contribution in [0.25, 0.3) is 21.8 Å². The summed E-state index contributed by atoms with van der Waals surface area (Å²) in [5.41, 5.74) is 9.50. The van der Waals surface area contributed by atoms with E-state index in [2.05, 4.69) is 4.98 Å². The topological polar surface area (TPSA) is 63.8 Å². The molecule has 0 atom stereocenters. The summed E-state index contributed by atoms with van der Waals surface area (Å²) in [6.07, 6.45) is 3.95. The number of nitrogens with zero attached hydrogens (tertiary/aromatic N) is 1. The molecule has 0 spiro atoms. The zero-order chi connectivity index (χ0) is 15.1. The number of carbonyl (C=O) groups is 1. The van der Waals surface area contributed by atoms with Crippen molar-refractivity contribution in [3.05, 3.63) is 66.5 Å². The van der Waals surface area contributed by atoms with Crippen LogP contribution in [0.15, 0.2) is 60.9 Å². The first-order chi connectivity index (χ1) is 10.7. The van der Waals surface area contributed by atoms with Gasteiger partial charge in [0.05, 0.1) is 17.6 Å². The van der Waals surface area contributed by atoms with Gasteiger partial charge in [-0.15, -0.1) is 0 Å². The number of rotatable bonds is 2. The van der Waals surface area contributed by atoms with Crippen LogP contribution in [0.4, 0.5) is 5.69 Å². The van der Waals surface area contributed by atoms with Crippen LogP contribution in [0.2, 0.25) is 0 Å². The summed E-state index contributed by atoms with van der Waals surface area (Å²) in [5, 5.41) is 2.06. The Hall–Kier alpha value is -3.01. The lowest BCUT2D eigenvalue weighted by atomic mass is 10.1. The number of carbonyl (C=O) groups excluding carboxylic acids is 1. The van der Waals surface area contributed by atoms with Gasteiger partial charge < -0.3 is 10.7 Å². The van der Waals surface area contributed by atoms with Crippen molar-refractivity contribution >= 4 is 33.4 Å². The number of para-hydroxylation sites is 1. The second-order valence-electron chi connectivity index (χ2n) is 5.44. The third kappa shape index (κ3) is 1.97. The largest absolute Gasteiger partial charge is 0.397 e. The number of hydrogen-bond acceptors (Lipinski definition) is 2. The minimum absolute atomic E-state index is 0.0128. The third-order valence-electron chi connectivity index (χ3n) is 3.99. The fourth-order valence-corrected chi connectivity index (χ4v) is 2.88. The van der Waals surface area contributed by atoms with Gasteiger partial charge in [-0.3, -0.25) is 9.36 Å². The first kappa shape index (κ1) is 12.7. The summed E-state index contributed by atoms with van der Waals surface area (Å²) in [4.78, 5) is 15.8. The number of aromatic amines is 1. The zero-order valence-corrected chi connectivity index (χ0v) is 11.9. The van der Waals surface area contributed by atoms with Crippen LogP contribution in [0.1, 0.15) is 10.4 Å². The van der Waals surface area contributed by atoms with E-state index in [0.29, 0.717) is 12.1 Å². The Morgan fingerprint density at radius 3 is 2.91 bits per heavy atom. The molecular weight excluding hydrogens is 274 g/mol. The molecule has 0 fully saturated rings. The van der Waals surface area contributed by atoms with Crippen LogP contribution in [0.3, 0.4) is 0 Å². The Morgan fingerprint density at radius 1 is 1.14 bits per heavy atom. The van der Waals surface area contributed by atoms with Crippen LogP contribution in [0.5, 0.6) is 0 Å². The second kappa shape index (κ2) is 4.77. The lowest BCUT2D eigenvalue weighted by molar-refractivity contribution is 0.0919.